The van der Waals surface area contributed by atoms with Crippen LogP contribution in [-0.2, 0) is 14.4 Å². The second kappa shape index (κ2) is 4.74. The molecular weight excluding hydrogens is 178 g/mol. The van der Waals surface area contributed by atoms with Crippen LogP contribution in [0.1, 0.15) is 6.42 Å². The Kier molecular flexibility index (Phi) is 3.98. The van der Waals surface area contributed by atoms with Gasteiger partial charge in [0, 0.05) is 12.5 Å². The van der Waals surface area contributed by atoms with Gasteiger partial charge in [-0.25, -0.2) is 14.4 Å². The highest BCUT2D eigenvalue weighted by molar-refractivity contribution is 5.98. The molecule has 0 unspecified atom stereocenters. The Labute approximate surface area is 73.0 Å². The smallest absolute Gasteiger partial charge is 0.352 e. The lowest BCUT2D eigenvalue weighted by atomic mass is 10.1. The minimum Gasteiger partial charge on any atom is -0.478 e. The molecule has 0 aromatic carbocycles. The number of nitrogens with two attached hydrogens (primary N) is 1. The number of carboxylic acids is 2. The molecule has 0 aromatic rings. The van der Waals surface area contributed by atoms with E-state index in [2.05, 4.69) is 0 Å². The van der Waals surface area contributed by atoms with E-state index < -0.39 is 23.2 Å². The first-order valence-corrected chi connectivity index (χ1v) is 3.15. The summed E-state index contributed by atoms with van der Waals surface area (Å²) in [5.41, 5.74) is 3.64. The Morgan fingerprint density at radius 3 is 2.15 bits per heavy atom. The predicted octanol–water partition coefficient (Wildman–Crippen LogP) is -0.854. The Morgan fingerprint density at radius 2 is 1.85 bits per heavy atom. The molecule has 0 amide bonds. The molecule has 6 nitrogen and oxygen atoms in total. The molecule has 0 aromatic heterocycles. The molecule has 0 aliphatic rings. The van der Waals surface area contributed by atoms with E-state index in [1.54, 1.807) is 0 Å². The van der Waals surface area contributed by atoms with Crippen molar-refractivity contribution in [3.63, 3.8) is 0 Å². The fourth-order valence-electron chi connectivity index (χ4n) is 0.585. The predicted molar refractivity (Wildman–Crippen MR) is 41.4 cm³/mol. The number of hydrogen-bond donors (Lipinski definition) is 3. The maximum Gasteiger partial charge on any atom is 0.352 e. The Bertz CT molecular complexity index is 311. The van der Waals surface area contributed by atoms with Crippen LogP contribution in [0.5, 0.6) is 0 Å². The second-order valence-electron chi connectivity index (χ2n) is 2.03. The van der Waals surface area contributed by atoms with E-state index in [1.165, 1.54) is 5.94 Å². The summed E-state index contributed by atoms with van der Waals surface area (Å²) >= 11 is 0. The minimum absolute atomic E-state index is 0.350. The number of aliphatic carboxylic acids is 2. The maximum absolute atomic E-state index is 10.4. The van der Waals surface area contributed by atoms with E-state index in [4.69, 9.17) is 15.9 Å². The molecule has 0 saturated carbocycles. The van der Waals surface area contributed by atoms with Gasteiger partial charge < -0.3 is 15.9 Å². The summed E-state index contributed by atoms with van der Waals surface area (Å²) in [5.74, 6) is -1.67. The molecule has 0 bridgehead atoms. The monoisotopic (exact) mass is 185 g/mol. The highest BCUT2D eigenvalue weighted by Crippen LogP contribution is 2.05. The van der Waals surface area contributed by atoms with Gasteiger partial charge in [0.25, 0.3) is 0 Å². The summed E-state index contributed by atoms with van der Waals surface area (Å²) < 4.78 is 0. The molecular formula is C7H7NO5. The first kappa shape index (κ1) is 10.9. The molecule has 0 radical (unpaired) electrons. The van der Waals surface area contributed by atoms with E-state index in [0.29, 0.717) is 0 Å². The van der Waals surface area contributed by atoms with Gasteiger partial charge in [-0.1, -0.05) is 0 Å². The highest BCUT2D eigenvalue weighted by atomic mass is 16.4. The Morgan fingerprint density at radius 1 is 1.31 bits per heavy atom. The van der Waals surface area contributed by atoms with Crippen LogP contribution in [0.4, 0.5) is 0 Å². The largest absolute Gasteiger partial charge is 0.478 e. The summed E-state index contributed by atoms with van der Waals surface area (Å²) in [7, 11) is 0. The van der Waals surface area contributed by atoms with Gasteiger partial charge in [-0.3, -0.25) is 0 Å². The molecule has 0 aliphatic carbocycles. The van der Waals surface area contributed by atoms with Crippen LogP contribution in [0.15, 0.2) is 17.3 Å². The van der Waals surface area contributed by atoms with Gasteiger partial charge in [0.1, 0.15) is 11.6 Å². The summed E-state index contributed by atoms with van der Waals surface area (Å²) in [6, 6.07) is 0. The summed E-state index contributed by atoms with van der Waals surface area (Å²) in [4.78, 5) is 30.4. The van der Waals surface area contributed by atoms with Gasteiger partial charge in [-0.15, -0.1) is 0 Å². The average molecular weight is 185 g/mol. The zero-order valence-electron chi connectivity index (χ0n) is 6.48. The van der Waals surface area contributed by atoms with Crippen molar-refractivity contribution in [3.05, 3.63) is 17.3 Å². The van der Waals surface area contributed by atoms with Gasteiger partial charge >= 0.3 is 11.9 Å². The molecule has 6 heteroatoms. The van der Waals surface area contributed by atoms with Crippen LogP contribution in [0, 0.1) is 0 Å². The van der Waals surface area contributed by atoms with E-state index in [1.807, 2.05) is 0 Å². The number of carboxylic acid groups (broad SMARTS) is 2. The molecule has 0 fully saturated rings. The third-order valence-electron chi connectivity index (χ3n) is 1.20. The minimum atomic E-state index is -1.53. The van der Waals surface area contributed by atoms with Gasteiger partial charge in [-0.2, -0.15) is 0 Å². The third-order valence-corrected chi connectivity index (χ3v) is 1.20. The van der Waals surface area contributed by atoms with Gasteiger partial charge in [0.05, 0.1) is 5.57 Å². The Hall–Kier alpha value is -2.07. The van der Waals surface area contributed by atoms with E-state index in [-0.39, 0.29) is 6.42 Å². The lowest BCUT2D eigenvalue weighted by molar-refractivity contribution is -0.136. The van der Waals surface area contributed by atoms with E-state index >= 15 is 0 Å². The van der Waals surface area contributed by atoms with Crippen molar-refractivity contribution in [2.45, 2.75) is 6.42 Å². The lowest BCUT2D eigenvalue weighted by Gasteiger charge is -1.99. The second-order valence-corrected chi connectivity index (χ2v) is 2.03. The van der Waals surface area contributed by atoms with Gasteiger partial charge in [0.15, 0.2) is 0 Å². The fraction of sp³-hybridized carbons (Fsp3) is 0.143. The average Bonchev–Trinajstić information content (AvgIpc) is 2.04. The zero-order valence-corrected chi connectivity index (χ0v) is 6.48. The Balaban J connectivity index is 4.99. The number of hydrogen-bond acceptors (Lipinski definition) is 4. The summed E-state index contributed by atoms with van der Waals surface area (Å²) in [5, 5.41) is 16.8. The fourth-order valence-corrected chi connectivity index (χ4v) is 0.585. The van der Waals surface area contributed by atoms with E-state index in [9.17, 15) is 14.4 Å². The van der Waals surface area contributed by atoms with Crippen molar-refractivity contribution < 1.29 is 24.6 Å². The highest BCUT2D eigenvalue weighted by Gasteiger charge is 2.15. The van der Waals surface area contributed by atoms with Gasteiger partial charge in [0.2, 0.25) is 0 Å². The van der Waals surface area contributed by atoms with Crippen LogP contribution in [0.2, 0.25) is 0 Å². The molecule has 70 valence electrons. The van der Waals surface area contributed by atoms with Crippen LogP contribution in [-0.4, -0.2) is 28.1 Å². The number of carbonyl (C=O) groups excluding carboxylic acids is 1. The van der Waals surface area contributed by atoms with Crippen LogP contribution < -0.4 is 5.73 Å². The van der Waals surface area contributed by atoms with Crippen molar-refractivity contribution in [3.8, 4) is 0 Å². The van der Waals surface area contributed by atoms with Crippen molar-refractivity contribution >= 4 is 17.9 Å². The van der Waals surface area contributed by atoms with Crippen LogP contribution >= 0.6 is 0 Å². The van der Waals surface area contributed by atoms with Crippen molar-refractivity contribution in [2.75, 3.05) is 0 Å². The molecule has 13 heavy (non-hydrogen) atoms. The molecule has 0 atom stereocenters. The number of allylic oxidation sites excluding steroid dienone is 1. The first-order valence-electron chi connectivity index (χ1n) is 3.15. The van der Waals surface area contributed by atoms with Crippen LogP contribution in [0.25, 0.3) is 0 Å². The normalized spacial score (nSPS) is 11.1. The standard InChI is InChI=1S/C7H7NO5/c8-5(7(12)13)4(6(10)11)2-1-3-9/h1H,2,8H2,(H,10,11)(H,12,13). The third kappa shape index (κ3) is 3.22. The zero-order chi connectivity index (χ0) is 10.4. The lowest BCUT2D eigenvalue weighted by Crippen LogP contribution is -2.17. The summed E-state index contributed by atoms with van der Waals surface area (Å²) in [6.45, 7) is 0. The maximum atomic E-state index is 10.4. The number of rotatable bonds is 4. The molecule has 0 saturated heterocycles. The van der Waals surface area contributed by atoms with Crippen molar-refractivity contribution in [2.24, 2.45) is 5.73 Å². The topological polar surface area (TPSA) is 118 Å². The quantitative estimate of drug-likeness (QED) is 0.387. The summed E-state index contributed by atoms with van der Waals surface area (Å²) in [6.07, 6.45) is 0.496. The molecule has 0 spiro atoms. The molecule has 0 heterocycles. The molecule has 4 N–H and O–H groups in total. The molecule has 0 rings (SSSR count). The SMILES string of the molecule is NC(C(=O)O)=C(CC=C=O)C(=O)O. The van der Waals surface area contributed by atoms with Crippen molar-refractivity contribution in [1.82, 2.24) is 0 Å². The van der Waals surface area contributed by atoms with Crippen LogP contribution in [0.3, 0.4) is 0 Å². The first-order chi connectivity index (χ1) is 6.00. The molecule has 0 aliphatic heterocycles. The van der Waals surface area contributed by atoms with E-state index in [0.717, 1.165) is 6.08 Å². The van der Waals surface area contributed by atoms with Gasteiger partial charge in [-0.05, 0) is 0 Å². The van der Waals surface area contributed by atoms with Crippen molar-refractivity contribution in [1.29, 1.82) is 0 Å². The number of carbonyl (C=O) groups is 2.